The Balaban J connectivity index is 2.40. The highest BCUT2D eigenvalue weighted by molar-refractivity contribution is 9.10. The molecule has 6 heteroatoms. The van der Waals surface area contributed by atoms with Gasteiger partial charge in [0.05, 0.1) is 11.3 Å². The topological polar surface area (TPSA) is 61.6 Å². The predicted octanol–water partition coefficient (Wildman–Crippen LogP) is 4.74. The number of benzene rings is 1. The average molecular weight is 396 g/mol. The molecule has 0 atom stereocenters. The van der Waals surface area contributed by atoms with E-state index in [1.807, 2.05) is 26.0 Å². The van der Waals surface area contributed by atoms with Crippen molar-refractivity contribution in [2.45, 2.75) is 19.8 Å². The average Bonchev–Trinajstić information content (AvgIpc) is 2.38. The molecule has 0 saturated heterocycles. The van der Waals surface area contributed by atoms with E-state index in [2.05, 4.69) is 53.2 Å². The summed E-state index contributed by atoms with van der Waals surface area (Å²) in [5.41, 5.74) is 1.27. The van der Waals surface area contributed by atoms with E-state index in [-0.39, 0.29) is 5.92 Å². The molecule has 1 aromatic carbocycles. The van der Waals surface area contributed by atoms with Gasteiger partial charge < -0.3 is 5.32 Å². The molecule has 0 aliphatic heterocycles. The predicted molar refractivity (Wildman–Crippen MR) is 86.0 cm³/mol. The minimum atomic E-state index is 0.228. The summed E-state index contributed by atoms with van der Waals surface area (Å²) < 4.78 is 1.61. The maximum atomic E-state index is 9.14. The standard InChI is InChI=1S/C14H12Br2N4/c1-8(2)14-19-12(16)6-13(20-14)18-11-5-10(15)4-3-9(11)7-17/h3-6,8H,1-2H3,(H,18,19,20). The lowest BCUT2D eigenvalue weighted by Gasteiger charge is -2.11. The Morgan fingerprint density at radius 1 is 1.20 bits per heavy atom. The fourth-order valence-corrected chi connectivity index (χ4v) is 2.37. The summed E-state index contributed by atoms with van der Waals surface area (Å²) in [6, 6.07) is 9.38. The number of anilines is 2. The van der Waals surface area contributed by atoms with Gasteiger partial charge in [0.2, 0.25) is 0 Å². The van der Waals surface area contributed by atoms with Crippen LogP contribution in [0.25, 0.3) is 0 Å². The molecule has 0 fully saturated rings. The SMILES string of the molecule is CC(C)c1nc(Br)cc(Nc2cc(Br)ccc2C#N)n1. The lowest BCUT2D eigenvalue weighted by Crippen LogP contribution is -2.03. The molecule has 0 aliphatic carbocycles. The number of nitriles is 1. The lowest BCUT2D eigenvalue weighted by molar-refractivity contribution is 0.771. The van der Waals surface area contributed by atoms with Crippen molar-refractivity contribution in [3.05, 3.63) is 44.7 Å². The molecule has 0 bridgehead atoms. The Bertz CT molecular complexity index is 677. The second-order valence-electron chi connectivity index (χ2n) is 4.52. The first-order chi connectivity index (χ1) is 9.49. The van der Waals surface area contributed by atoms with Gasteiger partial charge in [0.25, 0.3) is 0 Å². The zero-order valence-electron chi connectivity index (χ0n) is 11.0. The fraction of sp³-hybridized carbons (Fsp3) is 0.214. The minimum Gasteiger partial charge on any atom is -0.339 e. The van der Waals surface area contributed by atoms with Crippen LogP contribution in [0.4, 0.5) is 11.5 Å². The normalized spacial score (nSPS) is 10.4. The van der Waals surface area contributed by atoms with Gasteiger partial charge >= 0.3 is 0 Å². The first-order valence-corrected chi connectivity index (χ1v) is 7.59. The van der Waals surface area contributed by atoms with E-state index in [0.29, 0.717) is 21.7 Å². The van der Waals surface area contributed by atoms with Gasteiger partial charge in [0, 0.05) is 16.5 Å². The number of halogens is 2. The van der Waals surface area contributed by atoms with Gasteiger partial charge in [-0.2, -0.15) is 5.26 Å². The summed E-state index contributed by atoms with van der Waals surface area (Å²) in [5.74, 6) is 1.63. The Morgan fingerprint density at radius 2 is 1.95 bits per heavy atom. The molecule has 0 saturated carbocycles. The third kappa shape index (κ3) is 3.56. The molecule has 0 amide bonds. The molecule has 1 N–H and O–H groups in total. The molecule has 0 aliphatic rings. The van der Waals surface area contributed by atoms with Crippen LogP contribution in [0, 0.1) is 11.3 Å². The molecule has 2 aromatic rings. The number of aromatic nitrogens is 2. The highest BCUT2D eigenvalue weighted by Gasteiger charge is 2.09. The van der Waals surface area contributed by atoms with Crippen molar-refractivity contribution in [2.75, 3.05) is 5.32 Å². The third-order valence-corrected chi connectivity index (χ3v) is 3.49. The zero-order valence-corrected chi connectivity index (χ0v) is 14.2. The van der Waals surface area contributed by atoms with Crippen molar-refractivity contribution in [1.29, 1.82) is 5.26 Å². The van der Waals surface area contributed by atoms with E-state index < -0.39 is 0 Å². The van der Waals surface area contributed by atoms with Gasteiger partial charge in [-0.25, -0.2) is 9.97 Å². The Labute approximate surface area is 134 Å². The van der Waals surface area contributed by atoms with E-state index >= 15 is 0 Å². The van der Waals surface area contributed by atoms with Gasteiger partial charge in [-0.3, -0.25) is 0 Å². The van der Waals surface area contributed by atoms with Crippen molar-refractivity contribution >= 4 is 43.4 Å². The van der Waals surface area contributed by atoms with Crippen molar-refractivity contribution in [2.24, 2.45) is 0 Å². The third-order valence-electron chi connectivity index (χ3n) is 2.59. The number of nitrogens with zero attached hydrogens (tertiary/aromatic N) is 3. The summed E-state index contributed by atoms with van der Waals surface area (Å²) in [5, 5.41) is 12.3. The van der Waals surface area contributed by atoms with Gasteiger partial charge in [-0.05, 0) is 34.1 Å². The highest BCUT2D eigenvalue weighted by Crippen LogP contribution is 2.25. The van der Waals surface area contributed by atoms with Crippen molar-refractivity contribution in [1.82, 2.24) is 9.97 Å². The molecule has 1 aromatic heterocycles. The van der Waals surface area contributed by atoms with Crippen LogP contribution >= 0.6 is 31.9 Å². The summed E-state index contributed by atoms with van der Waals surface area (Å²) in [4.78, 5) is 8.78. The van der Waals surface area contributed by atoms with Crippen LogP contribution in [0.15, 0.2) is 33.3 Å². The van der Waals surface area contributed by atoms with E-state index in [1.54, 1.807) is 12.1 Å². The van der Waals surface area contributed by atoms with Crippen molar-refractivity contribution in [3.63, 3.8) is 0 Å². The fourth-order valence-electron chi connectivity index (χ4n) is 1.61. The van der Waals surface area contributed by atoms with Gasteiger partial charge in [-0.1, -0.05) is 29.8 Å². The van der Waals surface area contributed by atoms with Crippen LogP contribution in [-0.4, -0.2) is 9.97 Å². The van der Waals surface area contributed by atoms with Crippen LogP contribution in [0.2, 0.25) is 0 Å². The Hall–Kier alpha value is -1.45. The largest absolute Gasteiger partial charge is 0.339 e. The van der Waals surface area contributed by atoms with Crippen LogP contribution in [-0.2, 0) is 0 Å². The number of rotatable bonds is 3. The van der Waals surface area contributed by atoms with Crippen LogP contribution in [0.3, 0.4) is 0 Å². The number of nitrogens with one attached hydrogen (secondary N) is 1. The van der Waals surface area contributed by atoms with E-state index in [1.165, 1.54) is 0 Å². The lowest BCUT2D eigenvalue weighted by atomic mass is 10.2. The Morgan fingerprint density at radius 3 is 2.60 bits per heavy atom. The first-order valence-electron chi connectivity index (χ1n) is 6.00. The molecular weight excluding hydrogens is 384 g/mol. The molecular formula is C14H12Br2N4. The molecule has 20 heavy (non-hydrogen) atoms. The van der Waals surface area contributed by atoms with E-state index in [4.69, 9.17) is 5.26 Å². The summed E-state index contributed by atoms with van der Waals surface area (Å²) in [7, 11) is 0. The van der Waals surface area contributed by atoms with Gasteiger partial charge in [0.15, 0.2) is 0 Å². The maximum absolute atomic E-state index is 9.14. The second kappa shape index (κ2) is 6.33. The molecule has 2 rings (SSSR count). The summed E-state index contributed by atoms with van der Waals surface area (Å²) in [6.45, 7) is 4.07. The minimum absolute atomic E-state index is 0.228. The van der Waals surface area contributed by atoms with Crippen LogP contribution in [0.1, 0.15) is 31.2 Å². The zero-order chi connectivity index (χ0) is 14.7. The van der Waals surface area contributed by atoms with Crippen LogP contribution in [0.5, 0.6) is 0 Å². The number of hydrogen-bond acceptors (Lipinski definition) is 4. The molecule has 0 unspecified atom stereocenters. The monoisotopic (exact) mass is 394 g/mol. The first kappa shape index (κ1) is 14.9. The maximum Gasteiger partial charge on any atom is 0.135 e. The van der Waals surface area contributed by atoms with Crippen molar-refractivity contribution < 1.29 is 0 Å². The second-order valence-corrected chi connectivity index (χ2v) is 6.24. The number of hydrogen-bond donors (Lipinski definition) is 1. The molecule has 4 nitrogen and oxygen atoms in total. The Kier molecular flexibility index (Phi) is 4.73. The highest BCUT2D eigenvalue weighted by atomic mass is 79.9. The molecule has 0 radical (unpaired) electrons. The van der Waals surface area contributed by atoms with E-state index in [9.17, 15) is 0 Å². The van der Waals surface area contributed by atoms with E-state index in [0.717, 1.165) is 10.3 Å². The summed E-state index contributed by atoms with van der Waals surface area (Å²) >= 11 is 6.78. The van der Waals surface area contributed by atoms with Crippen molar-refractivity contribution in [3.8, 4) is 6.07 Å². The summed E-state index contributed by atoms with van der Waals surface area (Å²) in [6.07, 6.45) is 0. The molecule has 1 heterocycles. The molecule has 102 valence electrons. The smallest absolute Gasteiger partial charge is 0.135 e. The van der Waals surface area contributed by atoms with Crippen LogP contribution < -0.4 is 5.32 Å². The van der Waals surface area contributed by atoms with Gasteiger partial charge in [0.1, 0.15) is 22.3 Å². The molecule has 0 spiro atoms. The quantitative estimate of drug-likeness (QED) is 0.762. The van der Waals surface area contributed by atoms with Gasteiger partial charge in [-0.15, -0.1) is 0 Å².